The molecule has 1 heterocycles. The fraction of sp³-hybridized carbons (Fsp3) is 0.333. The van der Waals surface area contributed by atoms with Crippen molar-refractivity contribution in [3.8, 4) is 0 Å². The number of ether oxygens (including phenoxy) is 6. The molecule has 0 aliphatic carbocycles. The molecule has 5 unspecified atom stereocenters. The largest absolute Gasteiger partial charge is 0.374 e. The molecular formula is C36H41NO6. The molecule has 7 nitrogen and oxygen atoms in total. The van der Waals surface area contributed by atoms with Gasteiger partial charge in [0.1, 0.15) is 24.4 Å². The van der Waals surface area contributed by atoms with Gasteiger partial charge in [0.05, 0.1) is 39.6 Å². The Labute approximate surface area is 254 Å². The van der Waals surface area contributed by atoms with Gasteiger partial charge >= 0.3 is 0 Å². The smallest absolute Gasteiger partial charge is 0.187 e. The predicted octanol–water partition coefficient (Wildman–Crippen LogP) is 5.66. The van der Waals surface area contributed by atoms with Crippen molar-refractivity contribution in [3.05, 3.63) is 144 Å². The van der Waals surface area contributed by atoms with E-state index >= 15 is 0 Å². The summed E-state index contributed by atoms with van der Waals surface area (Å²) in [6.45, 7) is 2.52. The molecule has 4 aromatic carbocycles. The normalized spacial score (nSPS) is 21.9. The quantitative estimate of drug-likeness (QED) is 0.182. The maximum atomic E-state index is 6.68. The van der Waals surface area contributed by atoms with Crippen LogP contribution in [0.1, 0.15) is 22.3 Å². The predicted molar refractivity (Wildman–Crippen MR) is 165 cm³/mol. The highest BCUT2D eigenvalue weighted by atomic mass is 16.7. The van der Waals surface area contributed by atoms with Crippen molar-refractivity contribution >= 4 is 0 Å². The molecule has 1 saturated heterocycles. The lowest BCUT2D eigenvalue weighted by Crippen LogP contribution is -2.62. The second-order valence-corrected chi connectivity index (χ2v) is 10.5. The van der Waals surface area contributed by atoms with Gasteiger partial charge in [0.25, 0.3) is 0 Å². The van der Waals surface area contributed by atoms with Gasteiger partial charge in [-0.3, -0.25) is 0 Å². The van der Waals surface area contributed by atoms with Crippen LogP contribution in [0.15, 0.2) is 121 Å². The van der Waals surface area contributed by atoms with Gasteiger partial charge < -0.3 is 34.2 Å². The first-order valence-electron chi connectivity index (χ1n) is 14.9. The van der Waals surface area contributed by atoms with Crippen LogP contribution in [0.3, 0.4) is 0 Å². The molecule has 0 saturated carbocycles. The van der Waals surface area contributed by atoms with Crippen molar-refractivity contribution < 1.29 is 28.4 Å². The maximum absolute atomic E-state index is 6.68. The molecule has 226 valence electrons. The van der Waals surface area contributed by atoms with E-state index < -0.39 is 30.7 Å². The first-order chi connectivity index (χ1) is 21.3. The highest BCUT2D eigenvalue weighted by Gasteiger charge is 2.49. The van der Waals surface area contributed by atoms with Crippen molar-refractivity contribution in [2.24, 2.45) is 5.73 Å². The molecule has 43 heavy (non-hydrogen) atoms. The lowest BCUT2D eigenvalue weighted by Gasteiger charge is -2.45. The van der Waals surface area contributed by atoms with Gasteiger partial charge in [0, 0.05) is 6.54 Å². The first kappa shape index (κ1) is 31.0. The highest BCUT2D eigenvalue weighted by molar-refractivity contribution is 5.16. The Kier molecular flexibility index (Phi) is 12.3. The minimum absolute atomic E-state index is 0.285. The van der Waals surface area contributed by atoms with Crippen LogP contribution in [0, 0.1) is 0 Å². The molecule has 2 N–H and O–H groups in total. The van der Waals surface area contributed by atoms with Crippen LogP contribution in [0.4, 0.5) is 0 Å². The molecule has 0 spiro atoms. The summed E-state index contributed by atoms with van der Waals surface area (Å²) in [6.07, 6.45) is -2.81. The van der Waals surface area contributed by atoms with Crippen LogP contribution < -0.4 is 5.73 Å². The molecule has 1 aliphatic heterocycles. The fourth-order valence-corrected chi connectivity index (χ4v) is 5.07. The van der Waals surface area contributed by atoms with Gasteiger partial charge in [-0.2, -0.15) is 0 Å². The number of benzene rings is 4. The summed E-state index contributed by atoms with van der Waals surface area (Å²) in [5.74, 6) is 0. The Balaban J connectivity index is 1.41. The van der Waals surface area contributed by atoms with Gasteiger partial charge in [-0.1, -0.05) is 121 Å². The highest BCUT2D eigenvalue weighted by Crippen LogP contribution is 2.31. The number of hydrogen-bond donors (Lipinski definition) is 1. The topological polar surface area (TPSA) is 81.4 Å². The summed E-state index contributed by atoms with van der Waals surface area (Å²) in [7, 11) is 0. The molecule has 0 amide bonds. The molecule has 7 heteroatoms. The van der Waals surface area contributed by atoms with E-state index in [1.165, 1.54) is 0 Å². The van der Waals surface area contributed by atoms with Gasteiger partial charge in [-0.25, -0.2) is 0 Å². The molecule has 1 fully saturated rings. The number of nitrogens with two attached hydrogens (primary N) is 1. The van der Waals surface area contributed by atoms with E-state index in [-0.39, 0.29) is 6.61 Å². The fourth-order valence-electron chi connectivity index (χ4n) is 5.07. The zero-order valence-corrected chi connectivity index (χ0v) is 24.4. The average molecular weight is 584 g/mol. The Morgan fingerprint density at radius 3 is 1.37 bits per heavy atom. The van der Waals surface area contributed by atoms with Crippen molar-refractivity contribution in [3.63, 3.8) is 0 Å². The van der Waals surface area contributed by atoms with E-state index in [1.807, 2.05) is 121 Å². The third kappa shape index (κ3) is 9.55. The van der Waals surface area contributed by atoms with Crippen molar-refractivity contribution in [1.82, 2.24) is 0 Å². The Hall–Kier alpha value is -3.40. The number of rotatable bonds is 16. The van der Waals surface area contributed by atoms with E-state index in [2.05, 4.69) is 0 Å². The lowest BCUT2D eigenvalue weighted by molar-refractivity contribution is -0.327. The summed E-state index contributed by atoms with van der Waals surface area (Å²) in [6, 6.07) is 40.3. The van der Waals surface area contributed by atoms with Crippen LogP contribution in [0.5, 0.6) is 0 Å². The van der Waals surface area contributed by atoms with Crippen molar-refractivity contribution in [2.45, 2.75) is 57.1 Å². The third-order valence-corrected chi connectivity index (χ3v) is 7.24. The molecule has 4 aromatic rings. The summed E-state index contributed by atoms with van der Waals surface area (Å²) >= 11 is 0. The molecule has 0 radical (unpaired) electrons. The van der Waals surface area contributed by atoms with Crippen molar-refractivity contribution in [1.29, 1.82) is 0 Å². The van der Waals surface area contributed by atoms with E-state index in [0.29, 0.717) is 39.6 Å². The van der Waals surface area contributed by atoms with Crippen molar-refractivity contribution in [2.75, 3.05) is 19.8 Å². The summed E-state index contributed by atoms with van der Waals surface area (Å²) < 4.78 is 38.8. The minimum Gasteiger partial charge on any atom is -0.374 e. The summed E-state index contributed by atoms with van der Waals surface area (Å²) in [5.41, 5.74) is 10.1. The van der Waals surface area contributed by atoms with Gasteiger partial charge in [0.2, 0.25) is 0 Å². The van der Waals surface area contributed by atoms with Gasteiger partial charge in [-0.15, -0.1) is 0 Å². The van der Waals surface area contributed by atoms with Gasteiger partial charge in [-0.05, 0) is 22.3 Å². The summed E-state index contributed by atoms with van der Waals surface area (Å²) in [5, 5.41) is 0. The van der Waals surface area contributed by atoms with E-state index in [4.69, 9.17) is 34.2 Å². The van der Waals surface area contributed by atoms with Crippen LogP contribution in [-0.2, 0) is 54.8 Å². The second-order valence-electron chi connectivity index (χ2n) is 10.5. The van der Waals surface area contributed by atoms with E-state index in [9.17, 15) is 0 Å². The van der Waals surface area contributed by atoms with E-state index in [1.54, 1.807) is 0 Å². The maximum Gasteiger partial charge on any atom is 0.187 e. The zero-order chi connectivity index (χ0) is 29.5. The van der Waals surface area contributed by atoms with Gasteiger partial charge in [0.15, 0.2) is 6.29 Å². The molecule has 0 bridgehead atoms. The second kappa shape index (κ2) is 17.0. The molecular weight excluding hydrogens is 542 g/mol. The molecule has 0 aromatic heterocycles. The minimum atomic E-state index is -0.727. The monoisotopic (exact) mass is 583 g/mol. The SMILES string of the molecule is NCCOC1OC(COCc2ccccc2)C(OCc2ccccc2)C(OCc2ccccc2)C1OCc1ccccc1. The zero-order valence-electron chi connectivity index (χ0n) is 24.4. The van der Waals surface area contributed by atoms with E-state index in [0.717, 1.165) is 22.3 Å². The van der Waals surface area contributed by atoms with Crippen LogP contribution in [0.25, 0.3) is 0 Å². The standard InChI is InChI=1S/C36H41NO6/c37-21-22-39-36-35(42-26-31-19-11-4-12-20-31)34(41-25-30-17-9-3-10-18-30)33(40-24-29-15-7-2-8-16-29)32(43-36)27-38-23-28-13-5-1-6-14-28/h1-20,32-36H,21-27,37H2. The Morgan fingerprint density at radius 1 is 0.488 bits per heavy atom. The Bertz CT molecular complexity index is 1290. The lowest BCUT2D eigenvalue weighted by atomic mass is 9.97. The first-order valence-corrected chi connectivity index (χ1v) is 14.9. The molecule has 1 aliphatic rings. The third-order valence-electron chi connectivity index (χ3n) is 7.24. The molecule has 5 atom stereocenters. The number of hydrogen-bond acceptors (Lipinski definition) is 7. The Morgan fingerprint density at radius 2 is 0.907 bits per heavy atom. The average Bonchev–Trinajstić information content (AvgIpc) is 3.07. The molecule has 5 rings (SSSR count). The van der Waals surface area contributed by atoms with Crippen LogP contribution >= 0.6 is 0 Å². The van der Waals surface area contributed by atoms with Crippen LogP contribution in [0.2, 0.25) is 0 Å². The van der Waals surface area contributed by atoms with Crippen LogP contribution in [-0.4, -0.2) is 50.5 Å². The summed E-state index contributed by atoms with van der Waals surface area (Å²) in [4.78, 5) is 0.